The number of fused-ring (bicyclic) bond motifs is 1. The summed E-state index contributed by atoms with van der Waals surface area (Å²) < 4.78 is 1.76. The maximum Gasteiger partial charge on any atom is 0.255 e. The molecule has 1 N–H and O–H groups in total. The zero-order valence-corrected chi connectivity index (χ0v) is 13.0. The molecule has 0 unspecified atom stereocenters. The van der Waals surface area contributed by atoms with Crippen molar-refractivity contribution in [1.82, 2.24) is 24.8 Å². The molecule has 1 atom stereocenters. The molecule has 1 amide bonds. The quantitative estimate of drug-likeness (QED) is 0.911. The normalized spacial score (nSPS) is 19.4. The van der Waals surface area contributed by atoms with Crippen LogP contribution in [0.15, 0.2) is 24.7 Å². The van der Waals surface area contributed by atoms with E-state index in [0.717, 1.165) is 19.6 Å². The van der Waals surface area contributed by atoms with Gasteiger partial charge in [0.2, 0.25) is 0 Å². The molecule has 6 heteroatoms. The van der Waals surface area contributed by atoms with E-state index in [1.54, 1.807) is 16.8 Å². The van der Waals surface area contributed by atoms with Crippen molar-refractivity contribution < 1.29 is 4.79 Å². The fourth-order valence-corrected chi connectivity index (χ4v) is 3.20. The van der Waals surface area contributed by atoms with Crippen molar-refractivity contribution in [2.24, 2.45) is 5.92 Å². The second-order valence-corrected chi connectivity index (χ2v) is 6.00. The van der Waals surface area contributed by atoms with Crippen LogP contribution in [-0.4, -0.2) is 51.6 Å². The number of nitrogens with zero attached hydrogens (tertiary/aromatic N) is 4. The Kier molecular flexibility index (Phi) is 4.68. The Morgan fingerprint density at radius 3 is 3.27 bits per heavy atom. The summed E-state index contributed by atoms with van der Waals surface area (Å²) >= 11 is 0. The summed E-state index contributed by atoms with van der Waals surface area (Å²) in [6.45, 7) is 6.38. The van der Waals surface area contributed by atoms with Crippen LogP contribution in [0.2, 0.25) is 0 Å². The molecule has 1 aliphatic heterocycles. The Morgan fingerprint density at radius 1 is 1.50 bits per heavy atom. The average molecular weight is 301 g/mol. The van der Waals surface area contributed by atoms with Gasteiger partial charge in [-0.2, -0.15) is 0 Å². The van der Waals surface area contributed by atoms with Crippen molar-refractivity contribution in [3.8, 4) is 0 Å². The third-order valence-electron chi connectivity index (χ3n) is 4.26. The number of rotatable bonds is 5. The maximum atomic E-state index is 12.4. The number of hydrogen-bond acceptors (Lipinski definition) is 4. The van der Waals surface area contributed by atoms with Crippen LogP contribution in [0.5, 0.6) is 0 Å². The zero-order chi connectivity index (χ0) is 15.4. The SMILES string of the molecule is CCCN1CCC[C@H](CNC(=O)c2cccn3cnnc23)C1. The van der Waals surface area contributed by atoms with Gasteiger partial charge in [-0.3, -0.25) is 9.20 Å². The molecule has 0 aliphatic carbocycles. The van der Waals surface area contributed by atoms with Crippen LogP contribution in [-0.2, 0) is 0 Å². The lowest BCUT2D eigenvalue weighted by Crippen LogP contribution is -2.41. The second-order valence-electron chi connectivity index (χ2n) is 6.00. The van der Waals surface area contributed by atoms with Crippen molar-refractivity contribution >= 4 is 11.6 Å². The summed E-state index contributed by atoms with van der Waals surface area (Å²) in [5.74, 6) is 0.480. The molecule has 0 spiro atoms. The van der Waals surface area contributed by atoms with E-state index in [1.165, 1.54) is 25.8 Å². The standard InChI is InChI=1S/C16H23N5O/c1-2-7-20-8-3-5-13(11-20)10-17-16(22)14-6-4-9-21-12-18-19-15(14)21/h4,6,9,12-13H,2-3,5,7-8,10-11H2,1H3,(H,17,22)/t13-/m1/s1. The molecule has 118 valence electrons. The topological polar surface area (TPSA) is 62.5 Å². The molecule has 1 fully saturated rings. The molecule has 1 saturated heterocycles. The number of piperidine rings is 1. The highest BCUT2D eigenvalue weighted by atomic mass is 16.1. The van der Waals surface area contributed by atoms with Crippen LogP contribution >= 0.6 is 0 Å². The third-order valence-corrected chi connectivity index (χ3v) is 4.26. The molecule has 22 heavy (non-hydrogen) atoms. The summed E-state index contributed by atoms with van der Waals surface area (Å²) in [5, 5.41) is 10.9. The van der Waals surface area contributed by atoms with E-state index in [1.807, 2.05) is 12.3 Å². The first-order valence-electron chi connectivity index (χ1n) is 8.07. The van der Waals surface area contributed by atoms with Crippen LogP contribution in [0.25, 0.3) is 5.65 Å². The first-order chi connectivity index (χ1) is 10.8. The van der Waals surface area contributed by atoms with E-state index in [-0.39, 0.29) is 5.91 Å². The molecular formula is C16H23N5O. The van der Waals surface area contributed by atoms with Gasteiger partial charge in [0.15, 0.2) is 5.65 Å². The summed E-state index contributed by atoms with van der Waals surface area (Å²) in [6, 6.07) is 3.64. The van der Waals surface area contributed by atoms with E-state index < -0.39 is 0 Å². The minimum absolute atomic E-state index is 0.0637. The van der Waals surface area contributed by atoms with E-state index in [9.17, 15) is 4.79 Å². The van der Waals surface area contributed by atoms with Gasteiger partial charge in [-0.05, 0) is 50.4 Å². The Labute approximate surface area is 130 Å². The zero-order valence-electron chi connectivity index (χ0n) is 13.0. The molecule has 2 aromatic heterocycles. The number of nitrogens with one attached hydrogen (secondary N) is 1. The van der Waals surface area contributed by atoms with E-state index >= 15 is 0 Å². The number of likely N-dealkylation sites (tertiary alicyclic amines) is 1. The van der Waals surface area contributed by atoms with Crippen molar-refractivity contribution in [2.75, 3.05) is 26.2 Å². The lowest BCUT2D eigenvalue weighted by molar-refractivity contribution is 0.0933. The lowest BCUT2D eigenvalue weighted by Gasteiger charge is -2.32. The Morgan fingerprint density at radius 2 is 2.41 bits per heavy atom. The summed E-state index contributed by atoms with van der Waals surface area (Å²) in [7, 11) is 0. The predicted octanol–water partition coefficient (Wildman–Crippen LogP) is 1.58. The van der Waals surface area contributed by atoms with E-state index in [4.69, 9.17) is 0 Å². The van der Waals surface area contributed by atoms with Crippen molar-refractivity contribution in [2.45, 2.75) is 26.2 Å². The van der Waals surface area contributed by atoms with E-state index in [2.05, 4.69) is 27.3 Å². The predicted molar refractivity (Wildman–Crippen MR) is 84.8 cm³/mol. The Balaban J connectivity index is 1.59. The molecule has 2 aromatic rings. The molecule has 3 heterocycles. The first kappa shape index (κ1) is 15.0. The fraction of sp³-hybridized carbons (Fsp3) is 0.562. The second kappa shape index (κ2) is 6.87. The molecule has 0 radical (unpaired) electrons. The fourth-order valence-electron chi connectivity index (χ4n) is 3.20. The monoisotopic (exact) mass is 301 g/mol. The molecule has 0 bridgehead atoms. The largest absolute Gasteiger partial charge is 0.352 e. The number of pyridine rings is 1. The smallest absolute Gasteiger partial charge is 0.255 e. The van der Waals surface area contributed by atoms with Crippen LogP contribution in [0.1, 0.15) is 36.5 Å². The minimum Gasteiger partial charge on any atom is -0.352 e. The number of amides is 1. The highest BCUT2D eigenvalue weighted by Gasteiger charge is 2.20. The Hall–Kier alpha value is -1.95. The van der Waals surface area contributed by atoms with Gasteiger partial charge in [0.1, 0.15) is 6.33 Å². The number of carbonyl (C=O) groups excluding carboxylic acids is 1. The lowest BCUT2D eigenvalue weighted by atomic mass is 9.97. The number of hydrogen-bond donors (Lipinski definition) is 1. The van der Waals surface area contributed by atoms with Crippen molar-refractivity contribution in [3.05, 3.63) is 30.2 Å². The maximum absolute atomic E-state index is 12.4. The van der Waals surface area contributed by atoms with Crippen molar-refractivity contribution in [1.29, 1.82) is 0 Å². The minimum atomic E-state index is -0.0637. The van der Waals surface area contributed by atoms with Gasteiger partial charge < -0.3 is 10.2 Å². The van der Waals surface area contributed by atoms with Gasteiger partial charge in [-0.1, -0.05) is 6.92 Å². The average Bonchev–Trinajstić information content (AvgIpc) is 3.02. The highest BCUT2D eigenvalue weighted by Crippen LogP contribution is 2.16. The van der Waals surface area contributed by atoms with Gasteiger partial charge in [0, 0.05) is 19.3 Å². The highest BCUT2D eigenvalue weighted by molar-refractivity contribution is 5.99. The molecule has 3 rings (SSSR count). The number of aromatic nitrogens is 3. The van der Waals surface area contributed by atoms with Crippen LogP contribution in [0.4, 0.5) is 0 Å². The van der Waals surface area contributed by atoms with Gasteiger partial charge in [0.05, 0.1) is 5.56 Å². The van der Waals surface area contributed by atoms with Gasteiger partial charge in [-0.15, -0.1) is 10.2 Å². The molecule has 1 aliphatic rings. The van der Waals surface area contributed by atoms with Crippen LogP contribution < -0.4 is 5.32 Å². The number of carbonyl (C=O) groups is 1. The Bertz CT molecular complexity index is 636. The van der Waals surface area contributed by atoms with Crippen molar-refractivity contribution in [3.63, 3.8) is 0 Å². The molecule has 0 saturated carbocycles. The third kappa shape index (κ3) is 3.27. The summed E-state index contributed by atoms with van der Waals surface area (Å²) in [5.41, 5.74) is 1.19. The summed E-state index contributed by atoms with van der Waals surface area (Å²) in [6.07, 6.45) is 7.05. The van der Waals surface area contributed by atoms with Gasteiger partial charge in [-0.25, -0.2) is 0 Å². The van der Waals surface area contributed by atoms with Crippen LogP contribution in [0.3, 0.4) is 0 Å². The first-order valence-corrected chi connectivity index (χ1v) is 8.07. The molecular weight excluding hydrogens is 278 g/mol. The van der Waals surface area contributed by atoms with Crippen LogP contribution in [0, 0.1) is 5.92 Å². The van der Waals surface area contributed by atoms with Gasteiger partial charge in [0.25, 0.3) is 5.91 Å². The molecule has 6 nitrogen and oxygen atoms in total. The molecule has 0 aromatic carbocycles. The summed E-state index contributed by atoms with van der Waals surface area (Å²) in [4.78, 5) is 14.9. The van der Waals surface area contributed by atoms with Gasteiger partial charge >= 0.3 is 0 Å². The van der Waals surface area contributed by atoms with E-state index in [0.29, 0.717) is 17.1 Å².